The number of fused-ring (bicyclic) bond motifs is 14. The molecule has 0 amide bonds. The highest BCUT2D eigenvalue weighted by molar-refractivity contribution is 6.87. The number of benzene rings is 4. The van der Waals surface area contributed by atoms with Crippen LogP contribution < -0.4 is 10.8 Å². The molecule has 6 heterocycles. The van der Waals surface area contributed by atoms with Gasteiger partial charge in [-0.05, 0) is 45.4 Å². The lowest BCUT2D eigenvalue weighted by Gasteiger charge is -2.41. The van der Waals surface area contributed by atoms with Crippen LogP contribution in [0, 0.1) is 0 Å². The standard InChI is InChI=1S/C39H35N7O2Si3/c1-49(2,3)47-51(48-50(4,5)6)45-33-23-32-24-15-7-9-17-26(24)34(40-32)42-38-30-21-13-14-22-31(30)39(46(38)51)44-36-28-19-11-10-18-27(28)35(41-36)43-37(45)29-20-12-8-16-25(29)33/h7-23H,1-6H3. The molecule has 4 aromatic carbocycles. The predicted molar refractivity (Wildman–Crippen MR) is 213 cm³/mol. The number of hydrogen-bond acceptors (Lipinski definition) is 7. The van der Waals surface area contributed by atoms with Gasteiger partial charge in [0.1, 0.15) is 17.1 Å². The van der Waals surface area contributed by atoms with Gasteiger partial charge in [0, 0.05) is 49.1 Å². The smallest absolute Gasteiger partial charge is 0.404 e. The van der Waals surface area contributed by atoms with Crippen molar-refractivity contribution in [1.29, 1.82) is 0 Å². The molecular weight excluding hydrogens is 683 g/mol. The minimum absolute atomic E-state index is 0.603. The number of aliphatic imine (C=N–C) groups is 4. The highest BCUT2D eigenvalue weighted by Gasteiger charge is 2.56. The number of aromatic nitrogens is 2. The van der Waals surface area contributed by atoms with Gasteiger partial charge < -0.3 is 8.23 Å². The molecule has 4 aliphatic heterocycles. The van der Waals surface area contributed by atoms with Gasteiger partial charge in [-0.2, -0.15) is 0 Å². The first-order chi connectivity index (χ1) is 24.5. The van der Waals surface area contributed by atoms with Crippen LogP contribution in [0.4, 0.5) is 11.6 Å². The summed E-state index contributed by atoms with van der Waals surface area (Å²) in [4.78, 5) is 27.0. The van der Waals surface area contributed by atoms with Crippen LogP contribution in [-0.4, -0.2) is 57.2 Å². The first-order valence-electron chi connectivity index (χ1n) is 17.3. The Morgan fingerprint density at radius 2 is 0.922 bits per heavy atom. The van der Waals surface area contributed by atoms with Gasteiger partial charge in [0.15, 0.2) is 34.1 Å². The Balaban J connectivity index is 1.56. The summed E-state index contributed by atoms with van der Waals surface area (Å²) in [6.07, 6.45) is 2.18. The first kappa shape index (κ1) is 30.7. The third-order valence-electron chi connectivity index (χ3n) is 9.37. The van der Waals surface area contributed by atoms with Crippen molar-refractivity contribution in [3.05, 3.63) is 130 Å². The van der Waals surface area contributed by atoms with Gasteiger partial charge in [0.2, 0.25) is 0 Å². The van der Waals surface area contributed by atoms with Crippen molar-refractivity contribution in [2.45, 2.75) is 39.3 Å². The zero-order chi connectivity index (χ0) is 34.9. The molecule has 0 aliphatic carbocycles. The Labute approximate surface area is 298 Å². The lowest BCUT2D eigenvalue weighted by atomic mass is 10.0. The topological polar surface area (TPSA) is 90.1 Å². The molecule has 0 unspecified atom stereocenters. The van der Waals surface area contributed by atoms with Crippen LogP contribution in [0.15, 0.2) is 122 Å². The molecule has 0 fully saturated rings. The number of nitrogens with zero attached hydrogens (tertiary/aromatic N) is 7. The molecule has 9 nitrogen and oxygen atoms in total. The molecule has 0 N–H and O–H groups in total. The van der Waals surface area contributed by atoms with Gasteiger partial charge in [-0.25, -0.2) is 25.0 Å². The molecule has 51 heavy (non-hydrogen) atoms. The Morgan fingerprint density at radius 3 is 1.49 bits per heavy atom. The Hall–Kier alpha value is -5.12. The van der Waals surface area contributed by atoms with Crippen molar-refractivity contribution in [2.24, 2.45) is 25.0 Å². The lowest BCUT2D eigenvalue weighted by Crippen LogP contribution is -2.69. The van der Waals surface area contributed by atoms with Crippen LogP contribution in [0.3, 0.4) is 0 Å². The third-order valence-corrected chi connectivity index (χ3v) is 18.4. The van der Waals surface area contributed by atoms with Gasteiger partial charge >= 0.3 is 8.88 Å². The average Bonchev–Trinajstić information content (AvgIpc) is 3.80. The molecule has 6 aromatic rings. The van der Waals surface area contributed by atoms with Gasteiger partial charge in [-0.1, -0.05) is 97.1 Å². The summed E-state index contributed by atoms with van der Waals surface area (Å²) in [6.45, 7) is 13.4. The zero-order valence-electron chi connectivity index (χ0n) is 29.3. The predicted octanol–water partition coefficient (Wildman–Crippen LogP) is 7.28. The van der Waals surface area contributed by atoms with E-state index in [4.69, 9.17) is 33.2 Å². The van der Waals surface area contributed by atoms with Gasteiger partial charge in [-0.3, -0.25) is 8.47 Å². The quantitative estimate of drug-likeness (QED) is 0.180. The van der Waals surface area contributed by atoms with E-state index in [0.717, 1.165) is 60.3 Å². The van der Waals surface area contributed by atoms with Crippen LogP contribution in [0.25, 0.3) is 27.6 Å². The van der Waals surface area contributed by atoms with Crippen LogP contribution in [0.5, 0.6) is 0 Å². The van der Waals surface area contributed by atoms with Crippen LogP contribution >= 0.6 is 0 Å². The van der Waals surface area contributed by atoms with Crippen LogP contribution in [0.1, 0.15) is 22.3 Å². The fraction of sp³-hybridized carbons (Fsp3) is 0.154. The molecule has 0 radical (unpaired) electrons. The van der Waals surface area contributed by atoms with E-state index in [1.54, 1.807) is 0 Å². The second-order valence-corrected chi connectivity index (χ2v) is 27.3. The molecule has 0 atom stereocenters. The van der Waals surface area contributed by atoms with E-state index in [1.165, 1.54) is 0 Å². The van der Waals surface area contributed by atoms with Crippen molar-refractivity contribution in [2.75, 3.05) is 0 Å². The maximum atomic E-state index is 7.79. The summed E-state index contributed by atoms with van der Waals surface area (Å²) in [5.74, 6) is 3.28. The molecule has 0 saturated heterocycles. The van der Waals surface area contributed by atoms with E-state index in [-0.39, 0.29) is 0 Å². The molecule has 6 bridgehead atoms. The molecule has 4 aliphatic rings. The van der Waals surface area contributed by atoms with Crippen LogP contribution in [0.2, 0.25) is 39.3 Å². The van der Waals surface area contributed by atoms with E-state index >= 15 is 0 Å². The Kier molecular flexibility index (Phi) is 6.30. The lowest BCUT2D eigenvalue weighted by molar-refractivity contribution is 0.340. The largest absolute Gasteiger partial charge is 0.580 e. The summed E-state index contributed by atoms with van der Waals surface area (Å²) < 4.78 is 20.1. The molecular formula is C39H35N7O2Si3. The summed E-state index contributed by atoms with van der Waals surface area (Å²) in [5.41, 5.74) is 5.46. The van der Waals surface area contributed by atoms with E-state index in [1.807, 2.05) is 18.2 Å². The summed E-state index contributed by atoms with van der Waals surface area (Å²) >= 11 is 0. The second-order valence-electron chi connectivity index (χ2n) is 15.2. The van der Waals surface area contributed by atoms with E-state index in [2.05, 4.69) is 133 Å². The molecule has 2 aromatic heterocycles. The van der Waals surface area contributed by atoms with Crippen molar-refractivity contribution in [1.82, 2.24) is 8.47 Å². The second kappa shape index (κ2) is 10.5. The average molecular weight is 718 g/mol. The number of hydrogen-bond donors (Lipinski definition) is 0. The minimum Gasteiger partial charge on any atom is -0.404 e. The minimum atomic E-state index is -3.97. The highest BCUT2D eigenvalue weighted by Crippen LogP contribution is 2.44. The SMILES string of the molecule is C[Si](C)(C)O[Si]1(O[Si](C)(C)C)n2c3c4ccccc4c2N=C2N=C(N=c4c5ccccc5c(n41)=CC1=NC(=N3)c3ccccc31)c1ccccc12. The number of amidine groups is 3. The monoisotopic (exact) mass is 717 g/mol. The van der Waals surface area contributed by atoms with Gasteiger partial charge in [-0.15, -0.1) is 0 Å². The van der Waals surface area contributed by atoms with E-state index in [9.17, 15) is 0 Å². The Morgan fingerprint density at radius 1 is 0.471 bits per heavy atom. The number of rotatable bonds is 4. The van der Waals surface area contributed by atoms with Crippen molar-refractivity contribution in [3.8, 4) is 0 Å². The third kappa shape index (κ3) is 4.54. The Bertz CT molecular complexity index is 2610. The van der Waals surface area contributed by atoms with Gasteiger partial charge in [0.05, 0.1) is 5.71 Å². The summed E-state index contributed by atoms with van der Waals surface area (Å²) in [7, 11) is -8.86. The highest BCUT2D eigenvalue weighted by atomic mass is 28.5. The maximum Gasteiger partial charge on any atom is 0.580 e. The summed E-state index contributed by atoms with van der Waals surface area (Å²) in [5, 5.41) is 4.82. The maximum absolute atomic E-state index is 7.79. The summed E-state index contributed by atoms with van der Waals surface area (Å²) in [6, 6.07) is 33.4. The fourth-order valence-corrected chi connectivity index (χ4v) is 18.0. The van der Waals surface area contributed by atoms with Crippen molar-refractivity contribution >= 4 is 88.0 Å². The van der Waals surface area contributed by atoms with Crippen molar-refractivity contribution < 1.29 is 8.23 Å². The van der Waals surface area contributed by atoms with Gasteiger partial charge in [0.25, 0.3) is 0 Å². The van der Waals surface area contributed by atoms with Crippen molar-refractivity contribution in [3.63, 3.8) is 0 Å². The fourth-order valence-electron chi connectivity index (χ4n) is 7.62. The first-order valence-corrected chi connectivity index (χ1v) is 25.8. The molecule has 250 valence electrons. The van der Waals surface area contributed by atoms with E-state index in [0.29, 0.717) is 29.1 Å². The van der Waals surface area contributed by atoms with Crippen LogP contribution in [-0.2, 0) is 8.23 Å². The molecule has 10 rings (SSSR count). The molecule has 0 spiro atoms. The normalized spacial score (nSPS) is 16.7. The molecule has 0 saturated carbocycles. The van der Waals surface area contributed by atoms with E-state index < -0.39 is 25.5 Å². The zero-order valence-corrected chi connectivity index (χ0v) is 32.3. The molecule has 12 heteroatoms.